The van der Waals surface area contributed by atoms with E-state index in [0.717, 1.165) is 5.56 Å². The Hall–Kier alpha value is -3.13. The van der Waals surface area contributed by atoms with Crippen molar-refractivity contribution in [2.24, 2.45) is 0 Å². The molecule has 0 heterocycles. The van der Waals surface area contributed by atoms with Gasteiger partial charge in [-0.15, -0.1) is 0 Å². The second-order valence-corrected chi connectivity index (χ2v) is 6.81. The maximum absolute atomic E-state index is 11.4. The summed E-state index contributed by atoms with van der Waals surface area (Å²) in [5, 5.41) is 0. The summed E-state index contributed by atoms with van der Waals surface area (Å²) in [6, 6.07) is 25.6. The molecule has 0 aliphatic carbocycles. The van der Waals surface area contributed by atoms with Crippen LogP contribution in [0.4, 0.5) is 0 Å². The molecule has 0 atom stereocenters. The van der Waals surface area contributed by atoms with Gasteiger partial charge >= 0.3 is 5.97 Å². The average molecular weight is 356 g/mol. The minimum Gasteiger partial charge on any atom is -0.462 e. The first-order valence-corrected chi connectivity index (χ1v) is 9.12. The number of rotatable bonds is 6. The van der Waals surface area contributed by atoms with Crippen molar-refractivity contribution in [2.45, 2.75) is 20.3 Å². The van der Waals surface area contributed by atoms with Crippen LogP contribution >= 0.6 is 0 Å². The van der Waals surface area contributed by atoms with E-state index in [2.05, 4.69) is 86.3 Å². The monoisotopic (exact) mass is 356 g/mol. The van der Waals surface area contributed by atoms with Crippen LogP contribution in [-0.2, 0) is 16.0 Å². The zero-order chi connectivity index (χ0) is 19.2. The number of hydrogen-bond acceptors (Lipinski definition) is 2. The Morgan fingerprint density at radius 2 is 1.41 bits per heavy atom. The minimum atomic E-state index is -0.334. The minimum absolute atomic E-state index is 0.334. The zero-order valence-corrected chi connectivity index (χ0v) is 15.9. The molecule has 0 bridgehead atoms. The van der Waals surface area contributed by atoms with E-state index in [-0.39, 0.29) is 5.97 Å². The molecule has 3 rings (SSSR count). The molecule has 0 saturated carbocycles. The molecular formula is C25H24O2. The molecule has 0 aromatic heterocycles. The molecule has 0 unspecified atom stereocenters. The largest absolute Gasteiger partial charge is 0.462 e. The predicted molar refractivity (Wildman–Crippen MR) is 112 cm³/mol. The van der Waals surface area contributed by atoms with Gasteiger partial charge in [0.15, 0.2) is 0 Å². The topological polar surface area (TPSA) is 26.3 Å². The molecule has 0 amide bonds. The van der Waals surface area contributed by atoms with Crippen LogP contribution in [0.5, 0.6) is 0 Å². The number of ether oxygens (including phenoxy) is 1. The fourth-order valence-corrected chi connectivity index (χ4v) is 2.87. The van der Waals surface area contributed by atoms with Gasteiger partial charge in [0.2, 0.25) is 0 Å². The number of hydrogen-bond donors (Lipinski definition) is 0. The average Bonchev–Trinajstić information content (AvgIpc) is 2.69. The van der Waals surface area contributed by atoms with Crippen LogP contribution < -0.4 is 0 Å². The molecule has 3 aromatic carbocycles. The first-order valence-electron chi connectivity index (χ1n) is 9.12. The van der Waals surface area contributed by atoms with E-state index >= 15 is 0 Å². The van der Waals surface area contributed by atoms with Crippen LogP contribution in [0.1, 0.15) is 18.1 Å². The van der Waals surface area contributed by atoms with E-state index in [0.29, 0.717) is 18.6 Å². The first kappa shape index (κ1) is 18.7. The Labute approximate surface area is 161 Å². The third-order valence-electron chi connectivity index (χ3n) is 4.51. The number of aryl methyl sites for hydroxylation is 1. The van der Waals surface area contributed by atoms with Gasteiger partial charge in [0.25, 0.3) is 0 Å². The summed E-state index contributed by atoms with van der Waals surface area (Å²) in [4.78, 5) is 11.4. The SMILES string of the molecule is C=C(C)C(=O)OCCc1ccc(-c2cccc(-c3ccc(C)cc3)c2)cc1. The summed E-state index contributed by atoms with van der Waals surface area (Å²) in [5.41, 5.74) is 7.63. The summed E-state index contributed by atoms with van der Waals surface area (Å²) in [5.74, 6) is -0.334. The smallest absolute Gasteiger partial charge is 0.333 e. The van der Waals surface area contributed by atoms with Gasteiger partial charge in [0.1, 0.15) is 0 Å². The fourth-order valence-electron chi connectivity index (χ4n) is 2.87. The van der Waals surface area contributed by atoms with Crippen LogP contribution in [0.25, 0.3) is 22.3 Å². The van der Waals surface area contributed by atoms with Crippen LogP contribution in [0.2, 0.25) is 0 Å². The number of carbonyl (C=O) groups excluding carboxylic acids is 1. The van der Waals surface area contributed by atoms with Gasteiger partial charge in [-0.2, -0.15) is 0 Å². The Kier molecular flexibility index (Phi) is 5.87. The van der Waals surface area contributed by atoms with Crippen LogP contribution in [0.15, 0.2) is 84.9 Å². The highest BCUT2D eigenvalue weighted by atomic mass is 16.5. The maximum Gasteiger partial charge on any atom is 0.333 e. The highest BCUT2D eigenvalue weighted by molar-refractivity contribution is 5.86. The highest BCUT2D eigenvalue weighted by Crippen LogP contribution is 2.27. The molecule has 0 N–H and O–H groups in total. The molecular weight excluding hydrogens is 332 g/mol. The third kappa shape index (κ3) is 4.95. The van der Waals surface area contributed by atoms with E-state index in [4.69, 9.17) is 4.74 Å². The molecule has 2 nitrogen and oxygen atoms in total. The van der Waals surface area contributed by atoms with Crippen molar-refractivity contribution in [1.82, 2.24) is 0 Å². The number of benzene rings is 3. The number of esters is 1. The van der Waals surface area contributed by atoms with Crippen molar-refractivity contribution in [3.63, 3.8) is 0 Å². The Balaban J connectivity index is 1.70. The van der Waals surface area contributed by atoms with Crippen molar-refractivity contribution < 1.29 is 9.53 Å². The van der Waals surface area contributed by atoms with Gasteiger partial charge in [-0.3, -0.25) is 0 Å². The summed E-state index contributed by atoms with van der Waals surface area (Å²) in [7, 11) is 0. The van der Waals surface area contributed by atoms with Crippen LogP contribution in [0.3, 0.4) is 0 Å². The summed E-state index contributed by atoms with van der Waals surface area (Å²) in [6.45, 7) is 7.71. The Bertz CT molecular complexity index is 935. The fraction of sp³-hybridized carbons (Fsp3) is 0.160. The molecule has 136 valence electrons. The zero-order valence-electron chi connectivity index (χ0n) is 15.9. The third-order valence-corrected chi connectivity index (χ3v) is 4.51. The molecule has 27 heavy (non-hydrogen) atoms. The normalized spacial score (nSPS) is 10.4. The van der Waals surface area contributed by atoms with Gasteiger partial charge in [0.05, 0.1) is 6.61 Å². The lowest BCUT2D eigenvalue weighted by Gasteiger charge is -2.08. The molecule has 0 aliphatic heterocycles. The van der Waals surface area contributed by atoms with Crippen LogP contribution in [-0.4, -0.2) is 12.6 Å². The van der Waals surface area contributed by atoms with E-state index in [1.165, 1.54) is 27.8 Å². The van der Waals surface area contributed by atoms with E-state index < -0.39 is 0 Å². The first-order chi connectivity index (χ1) is 13.0. The summed E-state index contributed by atoms with van der Waals surface area (Å²) in [6.07, 6.45) is 0.697. The summed E-state index contributed by atoms with van der Waals surface area (Å²) < 4.78 is 5.16. The molecule has 0 aliphatic rings. The lowest BCUT2D eigenvalue weighted by atomic mass is 9.98. The standard InChI is InChI=1S/C25H24O2/c1-18(2)25(26)27-16-15-20-9-13-22(14-10-20)24-6-4-5-23(17-24)21-11-7-19(3)8-12-21/h4-14,17H,1,15-16H2,2-3H3. The second-order valence-electron chi connectivity index (χ2n) is 6.81. The van der Waals surface area contributed by atoms with Crippen molar-refractivity contribution in [2.75, 3.05) is 6.61 Å². The number of carbonyl (C=O) groups is 1. The van der Waals surface area contributed by atoms with Crippen LogP contribution in [0, 0.1) is 6.92 Å². The quantitative estimate of drug-likeness (QED) is 0.400. The van der Waals surface area contributed by atoms with Gasteiger partial charge < -0.3 is 4.74 Å². The predicted octanol–water partition coefficient (Wildman–Crippen LogP) is 5.99. The highest BCUT2D eigenvalue weighted by Gasteiger charge is 2.04. The van der Waals surface area contributed by atoms with Crippen molar-refractivity contribution in [3.05, 3.63) is 96.1 Å². The lowest BCUT2D eigenvalue weighted by Crippen LogP contribution is -2.07. The van der Waals surface area contributed by atoms with Gasteiger partial charge in [-0.05, 0) is 47.7 Å². The molecule has 2 heteroatoms. The van der Waals surface area contributed by atoms with Gasteiger partial charge in [0, 0.05) is 12.0 Å². The van der Waals surface area contributed by atoms with E-state index in [1.807, 2.05) is 0 Å². The molecule has 0 saturated heterocycles. The molecule has 3 aromatic rings. The second kappa shape index (κ2) is 8.50. The van der Waals surface area contributed by atoms with Crippen molar-refractivity contribution >= 4 is 5.97 Å². The molecule has 0 radical (unpaired) electrons. The van der Waals surface area contributed by atoms with Crippen molar-refractivity contribution in [3.8, 4) is 22.3 Å². The van der Waals surface area contributed by atoms with E-state index in [1.54, 1.807) is 6.92 Å². The van der Waals surface area contributed by atoms with Crippen molar-refractivity contribution in [1.29, 1.82) is 0 Å². The van der Waals surface area contributed by atoms with Gasteiger partial charge in [-0.1, -0.05) is 78.9 Å². The molecule has 0 spiro atoms. The Morgan fingerprint density at radius 3 is 1.96 bits per heavy atom. The Morgan fingerprint density at radius 1 is 0.852 bits per heavy atom. The van der Waals surface area contributed by atoms with E-state index in [9.17, 15) is 4.79 Å². The van der Waals surface area contributed by atoms with Gasteiger partial charge in [-0.25, -0.2) is 4.79 Å². The summed E-state index contributed by atoms with van der Waals surface area (Å²) >= 11 is 0. The molecule has 0 fully saturated rings. The maximum atomic E-state index is 11.4. The lowest BCUT2D eigenvalue weighted by molar-refractivity contribution is -0.138.